The number of hydrogen-bond donors (Lipinski definition) is 2. The highest BCUT2D eigenvalue weighted by molar-refractivity contribution is 5.79. The average Bonchev–Trinajstić information content (AvgIpc) is 3.26. The molecule has 2 N–H and O–H groups in total. The summed E-state index contributed by atoms with van der Waals surface area (Å²) in [5, 5.41) is 14.2. The molecule has 2 aliphatic rings. The van der Waals surface area contributed by atoms with E-state index in [0.29, 0.717) is 37.7 Å². The molecule has 0 aromatic heterocycles. The van der Waals surface area contributed by atoms with Crippen LogP contribution in [0.15, 0.2) is 48.5 Å². The molecule has 2 aromatic carbocycles. The Morgan fingerprint density at radius 2 is 1.76 bits per heavy atom. The second-order valence-corrected chi connectivity index (χ2v) is 7.69. The Morgan fingerprint density at radius 1 is 1.03 bits per heavy atom. The summed E-state index contributed by atoms with van der Waals surface area (Å²) >= 11 is 0. The van der Waals surface area contributed by atoms with Crippen LogP contribution in [0, 0.1) is 0 Å². The first-order valence-corrected chi connectivity index (χ1v) is 10.3. The van der Waals surface area contributed by atoms with Crippen molar-refractivity contribution in [2.45, 2.75) is 31.4 Å². The van der Waals surface area contributed by atoms with Crippen LogP contribution in [0.4, 0.5) is 0 Å². The minimum atomic E-state index is -0.828. The van der Waals surface area contributed by atoms with Crippen LogP contribution in [0.25, 0.3) is 0 Å². The number of aliphatic hydroxyl groups is 1. The van der Waals surface area contributed by atoms with E-state index in [1.165, 1.54) is 0 Å². The van der Waals surface area contributed by atoms with Crippen LogP contribution in [0.1, 0.15) is 30.1 Å². The quantitative estimate of drug-likeness (QED) is 0.752. The lowest BCUT2D eigenvalue weighted by Crippen LogP contribution is -2.47. The smallest absolute Gasteiger partial charge is 0.224 e. The van der Waals surface area contributed by atoms with E-state index in [1.807, 2.05) is 48.5 Å². The van der Waals surface area contributed by atoms with E-state index in [0.717, 1.165) is 37.1 Å². The van der Waals surface area contributed by atoms with Crippen molar-refractivity contribution in [1.82, 2.24) is 10.2 Å². The zero-order chi connectivity index (χ0) is 20.1. The molecule has 2 aliphatic heterocycles. The monoisotopic (exact) mass is 396 g/mol. The lowest BCUT2D eigenvalue weighted by molar-refractivity contribution is -0.122. The molecule has 2 unspecified atom stereocenters. The molecule has 6 heteroatoms. The minimum absolute atomic E-state index is 0.0861. The molecule has 0 aliphatic carbocycles. The Balaban J connectivity index is 1.48. The molecule has 2 atom stereocenters. The van der Waals surface area contributed by atoms with Gasteiger partial charge in [0.05, 0.1) is 12.5 Å². The molecule has 4 rings (SSSR count). The maximum atomic E-state index is 12.7. The average molecular weight is 396 g/mol. The maximum Gasteiger partial charge on any atom is 0.224 e. The Hall–Kier alpha value is -2.57. The zero-order valence-electron chi connectivity index (χ0n) is 16.5. The number of ether oxygens (including phenoxy) is 2. The molecule has 0 radical (unpaired) electrons. The summed E-state index contributed by atoms with van der Waals surface area (Å²) in [5.41, 5.74) is 1.68. The van der Waals surface area contributed by atoms with Gasteiger partial charge in [0, 0.05) is 6.54 Å². The number of aliphatic hydroxyl groups excluding tert-OH is 1. The molecular weight excluding hydrogens is 368 g/mol. The highest BCUT2D eigenvalue weighted by Crippen LogP contribution is 2.33. The summed E-state index contributed by atoms with van der Waals surface area (Å²) in [5.74, 6) is 1.25. The largest absolute Gasteiger partial charge is 0.486 e. The number of amides is 1. The number of benzene rings is 2. The molecule has 1 fully saturated rings. The molecule has 2 heterocycles. The number of rotatable bonds is 7. The SMILES string of the molecule is O=C(Cc1ccccc1)NC(CN1CCCC1)C(O)c1ccc2c(c1)OCCO2. The predicted octanol–water partition coefficient (Wildman–Crippen LogP) is 2.31. The number of carbonyl (C=O) groups is 1. The van der Waals surface area contributed by atoms with E-state index in [2.05, 4.69) is 10.2 Å². The van der Waals surface area contributed by atoms with Crippen molar-refractivity contribution in [3.8, 4) is 11.5 Å². The number of hydrogen-bond acceptors (Lipinski definition) is 5. The van der Waals surface area contributed by atoms with Gasteiger partial charge in [-0.25, -0.2) is 0 Å². The fraction of sp³-hybridized carbons (Fsp3) is 0.435. The van der Waals surface area contributed by atoms with Crippen molar-refractivity contribution < 1.29 is 19.4 Å². The van der Waals surface area contributed by atoms with E-state index in [9.17, 15) is 9.90 Å². The van der Waals surface area contributed by atoms with Crippen molar-refractivity contribution in [3.63, 3.8) is 0 Å². The number of nitrogens with one attached hydrogen (secondary N) is 1. The van der Waals surface area contributed by atoms with Gasteiger partial charge in [-0.1, -0.05) is 36.4 Å². The van der Waals surface area contributed by atoms with Crippen LogP contribution >= 0.6 is 0 Å². The van der Waals surface area contributed by atoms with Crippen molar-refractivity contribution >= 4 is 5.91 Å². The van der Waals surface area contributed by atoms with Gasteiger partial charge in [-0.15, -0.1) is 0 Å². The van der Waals surface area contributed by atoms with E-state index < -0.39 is 12.1 Å². The molecule has 0 spiro atoms. The summed E-state index contributed by atoms with van der Waals surface area (Å²) in [6.07, 6.45) is 1.78. The van der Waals surface area contributed by atoms with E-state index in [4.69, 9.17) is 9.47 Å². The van der Waals surface area contributed by atoms with Gasteiger partial charge in [0.25, 0.3) is 0 Å². The van der Waals surface area contributed by atoms with Crippen LogP contribution in [-0.4, -0.2) is 54.8 Å². The van der Waals surface area contributed by atoms with E-state index in [1.54, 1.807) is 0 Å². The van der Waals surface area contributed by atoms with Gasteiger partial charge in [-0.3, -0.25) is 4.79 Å². The Bertz CT molecular complexity index is 821. The third-order valence-electron chi connectivity index (χ3n) is 5.50. The molecule has 2 aromatic rings. The van der Waals surface area contributed by atoms with Gasteiger partial charge in [0.2, 0.25) is 5.91 Å². The van der Waals surface area contributed by atoms with Gasteiger partial charge < -0.3 is 24.8 Å². The number of fused-ring (bicyclic) bond motifs is 1. The topological polar surface area (TPSA) is 71.0 Å². The summed E-state index contributed by atoms with van der Waals surface area (Å²) in [7, 11) is 0. The molecular formula is C23H28N2O4. The molecule has 154 valence electrons. The van der Waals surface area contributed by atoms with Gasteiger partial charge in [-0.05, 0) is 49.2 Å². The van der Waals surface area contributed by atoms with Crippen molar-refractivity contribution in [1.29, 1.82) is 0 Å². The first-order valence-electron chi connectivity index (χ1n) is 10.3. The molecule has 0 bridgehead atoms. The van der Waals surface area contributed by atoms with Crippen molar-refractivity contribution in [3.05, 3.63) is 59.7 Å². The third-order valence-corrected chi connectivity index (χ3v) is 5.50. The van der Waals surface area contributed by atoms with Crippen LogP contribution in [0.2, 0.25) is 0 Å². The Kier molecular flexibility index (Phi) is 6.32. The molecule has 1 saturated heterocycles. The van der Waals surface area contributed by atoms with E-state index >= 15 is 0 Å². The summed E-state index contributed by atoms with van der Waals surface area (Å²) < 4.78 is 11.2. The third kappa shape index (κ3) is 5.08. The normalized spacial score (nSPS) is 18.2. The number of likely N-dealkylation sites (tertiary alicyclic amines) is 1. The molecule has 6 nitrogen and oxygen atoms in total. The van der Waals surface area contributed by atoms with Gasteiger partial charge in [-0.2, -0.15) is 0 Å². The lowest BCUT2D eigenvalue weighted by atomic mass is 10.0. The molecule has 29 heavy (non-hydrogen) atoms. The summed E-state index contributed by atoms with van der Waals surface area (Å²) in [4.78, 5) is 15.0. The highest BCUT2D eigenvalue weighted by atomic mass is 16.6. The fourth-order valence-corrected chi connectivity index (χ4v) is 3.98. The second kappa shape index (κ2) is 9.29. The van der Waals surface area contributed by atoms with Gasteiger partial charge in [0.15, 0.2) is 11.5 Å². The first-order chi connectivity index (χ1) is 14.2. The van der Waals surface area contributed by atoms with Crippen LogP contribution < -0.4 is 14.8 Å². The summed E-state index contributed by atoms with van der Waals surface area (Å²) in [6.45, 7) is 3.65. The lowest BCUT2D eigenvalue weighted by Gasteiger charge is -2.29. The van der Waals surface area contributed by atoms with Crippen molar-refractivity contribution in [2.24, 2.45) is 0 Å². The fourth-order valence-electron chi connectivity index (χ4n) is 3.98. The highest BCUT2D eigenvalue weighted by Gasteiger charge is 2.27. The van der Waals surface area contributed by atoms with Gasteiger partial charge in [0.1, 0.15) is 19.3 Å². The van der Waals surface area contributed by atoms with Gasteiger partial charge >= 0.3 is 0 Å². The van der Waals surface area contributed by atoms with Crippen LogP contribution in [-0.2, 0) is 11.2 Å². The first kappa shape index (κ1) is 19.7. The predicted molar refractivity (Wildman–Crippen MR) is 110 cm³/mol. The number of carbonyl (C=O) groups excluding carboxylic acids is 1. The molecule has 0 saturated carbocycles. The second-order valence-electron chi connectivity index (χ2n) is 7.69. The Morgan fingerprint density at radius 3 is 2.52 bits per heavy atom. The molecule has 1 amide bonds. The minimum Gasteiger partial charge on any atom is -0.486 e. The van der Waals surface area contributed by atoms with Crippen LogP contribution in [0.3, 0.4) is 0 Å². The summed E-state index contributed by atoms with van der Waals surface area (Å²) in [6, 6.07) is 14.8. The van der Waals surface area contributed by atoms with E-state index in [-0.39, 0.29) is 5.91 Å². The van der Waals surface area contributed by atoms with Crippen LogP contribution in [0.5, 0.6) is 11.5 Å². The Labute approximate surface area is 171 Å². The zero-order valence-corrected chi connectivity index (χ0v) is 16.5. The number of nitrogens with zero attached hydrogens (tertiary/aromatic N) is 1. The standard InChI is InChI=1S/C23H28N2O4/c26-22(14-17-6-2-1-3-7-17)24-19(16-25-10-4-5-11-25)23(27)18-8-9-20-21(15-18)29-13-12-28-20/h1-3,6-9,15,19,23,27H,4-5,10-14,16H2,(H,24,26). The van der Waals surface area contributed by atoms with Crippen molar-refractivity contribution in [2.75, 3.05) is 32.8 Å². The maximum absolute atomic E-state index is 12.7.